The molecule has 0 fully saturated rings. The van der Waals surface area contributed by atoms with Crippen molar-refractivity contribution in [3.05, 3.63) is 0 Å². The minimum Gasteiger partial charge on any atom is -0.393 e. The van der Waals surface area contributed by atoms with Crippen LogP contribution in [0.5, 0.6) is 0 Å². The van der Waals surface area contributed by atoms with Crippen LogP contribution in [0.2, 0.25) is 0 Å². The molecule has 0 aromatic rings. The summed E-state index contributed by atoms with van der Waals surface area (Å²) in [4.78, 5) is 0. The molecule has 0 amide bonds. The SMILES string of the molecule is CCCCCC(O)CC(O)CC. The van der Waals surface area contributed by atoms with E-state index in [0.29, 0.717) is 6.42 Å². The quantitative estimate of drug-likeness (QED) is 0.580. The molecule has 2 unspecified atom stereocenters. The van der Waals surface area contributed by atoms with Crippen LogP contribution in [0.4, 0.5) is 0 Å². The van der Waals surface area contributed by atoms with E-state index in [4.69, 9.17) is 0 Å². The number of hydrogen-bond acceptors (Lipinski definition) is 2. The van der Waals surface area contributed by atoms with Gasteiger partial charge >= 0.3 is 0 Å². The zero-order valence-electron chi connectivity index (χ0n) is 8.29. The van der Waals surface area contributed by atoms with Gasteiger partial charge in [0, 0.05) is 0 Å². The average Bonchev–Trinajstić information content (AvgIpc) is 2.05. The van der Waals surface area contributed by atoms with Crippen LogP contribution in [0, 0.1) is 0 Å². The van der Waals surface area contributed by atoms with Crippen LogP contribution in [0.25, 0.3) is 0 Å². The predicted octanol–water partition coefficient (Wildman–Crippen LogP) is 2.09. The van der Waals surface area contributed by atoms with Gasteiger partial charge < -0.3 is 10.2 Å². The molecule has 0 rings (SSSR count). The van der Waals surface area contributed by atoms with Gasteiger partial charge in [0.2, 0.25) is 0 Å². The molecule has 0 aliphatic rings. The van der Waals surface area contributed by atoms with Crippen LogP contribution in [0.1, 0.15) is 52.4 Å². The second-order valence-corrected chi connectivity index (χ2v) is 3.45. The molecule has 74 valence electrons. The zero-order chi connectivity index (χ0) is 9.40. The first-order chi connectivity index (χ1) is 5.70. The van der Waals surface area contributed by atoms with Gasteiger partial charge in [0.25, 0.3) is 0 Å². The number of aliphatic hydroxyl groups excluding tert-OH is 2. The Morgan fingerprint density at radius 1 is 1.00 bits per heavy atom. The van der Waals surface area contributed by atoms with Crippen molar-refractivity contribution < 1.29 is 10.2 Å². The third kappa shape index (κ3) is 6.62. The number of rotatable bonds is 7. The van der Waals surface area contributed by atoms with Gasteiger partial charge in [-0.3, -0.25) is 0 Å². The van der Waals surface area contributed by atoms with E-state index >= 15 is 0 Å². The van der Waals surface area contributed by atoms with Gasteiger partial charge in [-0.25, -0.2) is 0 Å². The van der Waals surface area contributed by atoms with Gasteiger partial charge in [-0.1, -0.05) is 33.1 Å². The first-order valence-electron chi connectivity index (χ1n) is 5.06. The third-order valence-corrected chi connectivity index (χ3v) is 2.16. The lowest BCUT2D eigenvalue weighted by Crippen LogP contribution is -2.16. The van der Waals surface area contributed by atoms with Crippen LogP contribution in [0.15, 0.2) is 0 Å². The van der Waals surface area contributed by atoms with Crippen molar-refractivity contribution in [1.82, 2.24) is 0 Å². The zero-order valence-corrected chi connectivity index (χ0v) is 8.29. The number of aliphatic hydroxyl groups is 2. The van der Waals surface area contributed by atoms with Crippen molar-refractivity contribution in [2.24, 2.45) is 0 Å². The van der Waals surface area contributed by atoms with Crippen molar-refractivity contribution in [3.63, 3.8) is 0 Å². The van der Waals surface area contributed by atoms with E-state index in [9.17, 15) is 10.2 Å². The monoisotopic (exact) mass is 174 g/mol. The summed E-state index contributed by atoms with van der Waals surface area (Å²) in [5.41, 5.74) is 0. The Labute approximate surface area is 75.6 Å². The Hall–Kier alpha value is -0.0800. The summed E-state index contributed by atoms with van der Waals surface area (Å²) < 4.78 is 0. The number of unbranched alkanes of at least 4 members (excludes halogenated alkanes) is 2. The van der Waals surface area contributed by atoms with E-state index in [1.54, 1.807) is 0 Å². The van der Waals surface area contributed by atoms with Gasteiger partial charge in [-0.05, 0) is 19.3 Å². The van der Waals surface area contributed by atoms with Gasteiger partial charge in [-0.2, -0.15) is 0 Å². The van der Waals surface area contributed by atoms with Gasteiger partial charge in [0.05, 0.1) is 12.2 Å². The van der Waals surface area contributed by atoms with Crippen LogP contribution in [0.3, 0.4) is 0 Å². The van der Waals surface area contributed by atoms with Crippen LogP contribution < -0.4 is 0 Å². The molecule has 0 aliphatic heterocycles. The first-order valence-corrected chi connectivity index (χ1v) is 5.06. The van der Waals surface area contributed by atoms with Crippen molar-refractivity contribution in [3.8, 4) is 0 Å². The fraction of sp³-hybridized carbons (Fsp3) is 1.00. The van der Waals surface area contributed by atoms with E-state index in [-0.39, 0.29) is 12.2 Å². The lowest BCUT2D eigenvalue weighted by Gasteiger charge is -2.13. The fourth-order valence-electron chi connectivity index (χ4n) is 1.23. The molecule has 0 spiro atoms. The van der Waals surface area contributed by atoms with E-state index in [2.05, 4.69) is 6.92 Å². The number of hydrogen-bond donors (Lipinski definition) is 2. The second-order valence-electron chi connectivity index (χ2n) is 3.45. The molecule has 0 aromatic carbocycles. The molecule has 0 aliphatic carbocycles. The van der Waals surface area contributed by atoms with Crippen molar-refractivity contribution in [1.29, 1.82) is 0 Å². The highest BCUT2D eigenvalue weighted by Crippen LogP contribution is 2.09. The molecule has 0 heterocycles. The minimum atomic E-state index is -0.318. The van der Waals surface area contributed by atoms with Crippen molar-refractivity contribution in [2.45, 2.75) is 64.6 Å². The molecule has 2 heteroatoms. The Kier molecular flexibility index (Phi) is 7.51. The molecule has 12 heavy (non-hydrogen) atoms. The normalized spacial score (nSPS) is 16.0. The molecule has 2 N–H and O–H groups in total. The highest BCUT2D eigenvalue weighted by Gasteiger charge is 2.09. The Bertz CT molecular complexity index is 93.8. The van der Waals surface area contributed by atoms with Gasteiger partial charge in [0.1, 0.15) is 0 Å². The topological polar surface area (TPSA) is 40.5 Å². The van der Waals surface area contributed by atoms with Crippen LogP contribution >= 0.6 is 0 Å². The summed E-state index contributed by atoms with van der Waals surface area (Å²) in [5, 5.41) is 18.6. The van der Waals surface area contributed by atoms with E-state index < -0.39 is 0 Å². The molecule has 0 aromatic heterocycles. The fourth-order valence-corrected chi connectivity index (χ4v) is 1.23. The predicted molar refractivity (Wildman–Crippen MR) is 51.1 cm³/mol. The van der Waals surface area contributed by atoms with E-state index in [1.807, 2.05) is 6.92 Å². The Morgan fingerprint density at radius 3 is 2.17 bits per heavy atom. The molecule has 0 radical (unpaired) electrons. The largest absolute Gasteiger partial charge is 0.393 e. The lowest BCUT2D eigenvalue weighted by molar-refractivity contribution is 0.0722. The summed E-state index contributed by atoms with van der Waals surface area (Å²) in [7, 11) is 0. The molecular formula is C10H22O2. The average molecular weight is 174 g/mol. The van der Waals surface area contributed by atoms with Gasteiger partial charge in [0.15, 0.2) is 0 Å². The third-order valence-electron chi connectivity index (χ3n) is 2.16. The molecule has 0 bridgehead atoms. The Balaban J connectivity index is 3.26. The molecule has 0 saturated carbocycles. The van der Waals surface area contributed by atoms with Crippen molar-refractivity contribution >= 4 is 0 Å². The second kappa shape index (κ2) is 7.56. The van der Waals surface area contributed by atoms with Crippen molar-refractivity contribution in [2.75, 3.05) is 0 Å². The van der Waals surface area contributed by atoms with Crippen LogP contribution in [-0.2, 0) is 0 Å². The smallest absolute Gasteiger partial charge is 0.0564 e. The van der Waals surface area contributed by atoms with Crippen LogP contribution in [-0.4, -0.2) is 22.4 Å². The maximum absolute atomic E-state index is 9.42. The highest BCUT2D eigenvalue weighted by atomic mass is 16.3. The molecule has 0 saturated heterocycles. The summed E-state index contributed by atoms with van der Waals surface area (Å²) in [6.45, 7) is 4.08. The first kappa shape index (κ1) is 11.9. The lowest BCUT2D eigenvalue weighted by atomic mass is 10.0. The van der Waals surface area contributed by atoms with E-state index in [0.717, 1.165) is 19.3 Å². The highest BCUT2D eigenvalue weighted by molar-refractivity contribution is 4.61. The molecular weight excluding hydrogens is 152 g/mol. The molecule has 2 atom stereocenters. The maximum Gasteiger partial charge on any atom is 0.0564 e. The standard InChI is InChI=1S/C10H22O2/c1-3-5-6-7-10(12)8-9(11)4-2/h9-12H,3-8H2,1-2H3. The summed E-state index contributed by atoms with van der Waals surface area (Å²) in [6.07, 6.45) is 4.94. The summed E-state index contributed by atoms with van der Waals surface area (Å²) in [6, 6.07) is 0. The minimum absolute atomic E-state index is 0.300. The van der Waals surface area contributed by atoms with Gasteiger partial charge in [-0.15, -0.1) is 0 Å². The van der Waals surface area contributed by atoms with E-state index in [1.165, 1.54) is 12.8 Å². The maximum atomic E-state index is 9.42. The molecule has 2 nitrogen and oxygen atoms in total. The summed E-state index contributed by atoms with van der Waals surface area (Å²) >= 11 is 0. The Morgan fingerprint density at radius 2 is 1.67 bits per heavy atom. The summed E-state index contributed by atoms with van der Waals surface area (Å²) in [5.74, 6) is 0.